The van der Waals surface area contributed by atoms with Gasteiger partial charge in [0.25, 0.3) is 0 Å². The molecule has 1 saturated carbocycles. The summed E-state index contributed by atoms with van der Waals surface area (Å²) in [5.41, 5.74) is 7.74. The number of aryl methyl sites for hydroxylation is 1. The van der Waals surface area contributed by atoms with Gasteiger partial charge in [-0.15, -0.1) is 0 Å². The summed E-state index contributed by atoms with van der Waals surface area (Å²) >= 11 is 0. The zero-order chi connectivity index (χ0) is 14.8. The Hall–Kier alpha value is -1.10. The van der Waals surface area contributed by atoms with E-state index < -0.39 is 17.6 Å². The van der Waals surface area contributed by atoms with Gasteiger partial charge in [-0.25, -0.2) is 0 Å². The second-order valence-corrected chi connectivity index (χ2v) is 5.87. The molecule has 0 atom stereocenters. The third-order valence-electron chi connectivity index (χ3n) is 4.27. The molecule has 0 amide bonds. The van der Waals surface area contributed by atoms with Crippen LogP contribution in [-0.4, -0.2) is 16.7 Å². The van der Waals surface area contributed by atoms with E-state index in [1.54, 1.807) is 0 Å². The third-order valence-corrected chi connectivity index (χ3v) is 4.27. The molecule has 0 aliphatic heterocycles. The van der Waals surface area contributed by atoms with Crippen molar-refractivity contribution in [2.24, 2.45) is 11.7 Å². The van der Waals surface area contributed by atoms with Crippen molar-refractivity contribution in [3.05, 3.63) is 29.6 Å². The van der Waals surface area contributed by atoms with Gasteiger partial charge in [0.05, 0.1) is 5.92 Å². The molecule has 0 aromatic carbocycles. The van der Waals surface area contributed by atoms with Gasteiger partial charge < -0.3 is 5.73 Å². The van der Waals surface area contributed by atoms with Crippen LogP contribution in [0.15, 0.2) is 18.3 Å². The van der Waals surface area contributed by atoms with Crippen molar-refractivity contribution >= 4 is 0 Å². The Morgan fingerprint density at radius 2 is 1.95 bits per heavy atom. The molecule has 1 heterocycles. The van der Waals surface area contributed by atoms with Crippen LogP contribution >= 0.6 is 0 Å². The highest BCUT2D eigenvalue weighted by atomic mass is 19.4. The van der Waals surface area contributed by atoms with E-state index in [2.05, 4.69) is 11.9 Å². The lowest BCUT2D eigenvalue weighted by molar-refractivity contribution is -0.184. The van der Waals surface area contributed by atoms with Gasteiger partial charge in [-0.2, -0.15) is 13.2 Å². The van der Waals surface area contributed by atoms with Crippen molar-refractivity contribution in [2.75, 3.05) is 0 Å². The topological polar surface area (TPSA) is 38.9 Å². The number of hydrogen-bond acceptors (Lipinski definition) is 2. The maximum absolute atomic E-state index is 12.7. The fourth-order valence-corrected chi connectivity index (χ4v) is 2.83. The fraction of sp³-hybridized carbons (Fsp3) is 0.667. The molecule has 5 heteroatoms. The third kappa shape index (κ3) is 3.72. The molecule has 0 radical (unpaired) electrons. The Balaban J connectivity index is 1.96. The smallest absolute Gasteiger partial charge is 0.325 e. The predicted molar refractivity (Wildman–Crippen MR) is 72.3 cm³/mol. The second kappa shape index (κ2) is 5.72. The number of halogens is 3. The lowest BCUT2D eigenvalue weighted by Gasteiger charge is -2.37. The highest BCUT2D eigenvalue weighted by Gasteiger charge is 2.44. The summed E-state index contributed by atoms with van der Waals surface area (Å²) in [6.45, 7) is 2.06. The van der Waals surface area contributed by atoms with Crippen molar-refractivity contribution in [3.8, 4) is 0 Å². The highest BCUT2D eigenvalue weighted by molar-refractivity contribution is 5.16. The summed E-state index contributed by atoms with van der Waals surface area (Å²) in [7, 11) is 0. The summed E-state index contributed by atoms with van der Waals surface area (Å²) in [5.74, 6) is -1.19. The van der Waals surface area contributed by atoms with Crippen LogP contribution in [0.2, 0.25) is 0 Å². The van der Waals surface area contributed by atoms with Gasteiger partial charge >= 0.3 is 6.18 Å². The summed E-state index contributed by atoms with van der Waals surface area (Å²) in [4.78, 5) is 4.35. The van der Waals surface area contributed by atoms with E-state index in [-0.39, 0.29) is 12.8 Å². The first-order valence-corrected chi connectivity index (χ1v) is 7.12. The predicted octanol–water partition coefficient (Wildman–Crippen LogP) is 3.64. The van der Waals surface area contributed by atoms with Gasteiger partial charge in [-0.3, -0.25) is 4.98 Å². The molecule has 112 valence electrons. The second-order valence-electron chi connectivity index (χ2n) is 5.87. The first kappa shape index (κ1) is 15.3. The highest BCUT2D eigenvalue weighted by Crippen LogP contribution is 2.41. The van der Waals surface area contributed by atoms with Crippen molar-refractivity contribution in [1.29, 1.82) is 0 Å². The number of aromatic nitrogens is 1. The largest absolute Gasteiger partial charge is 0.391 e. The van der Waals surface area contributed by atoms with E-state index in [9.17, 15) is 13.2 Å². The Morgan fingerprint density at radius 1 is 1.30 bits per heavy atom. The maximum Gasteiger partial charge on any atom is 0.391 e. The molecule has 2 N–H and O–H groups in total. The molecule has 20 heavy (non-hydrogen) atoms. The Labute approximate surface area is 117 Å². The van der Waals surface area contributed by atoms with Gasteiger partial charge in [-0.05, 0) is 43.7 Å². The molecule has 1 aromatic rings. The van der Waals surface area contributed by atoms with Crippen LogP contribution in [0.3, 0.4) is 0 Å². The average molecular weight is 286 g/mol. The molecule has 1 aliphatic carbocycles. The Morgan fingerprint density at radius 3 is 2.40 bits per heavy atom. The van der Waals surface area contributed by atoms with Crippen LogP contribution in [0.1, 0.15) is 43.9 Å². The molecular weight excluding hydrogens is 265 g/mol. The van der Waals surface area contributed by atoms with Crippen molar-refractivity contribution in [3.63, 3.8) is 0 Å². The molecular formula is C15H21F3N2. The molecule has 0 saturated heterocycles. The first-order chi connectivity index (χ1) is 9.32. The van der Waals surface area contributed by atoms with Crippen molar-refractivity contribution < 1.29 is 13.2 Å². The lowest BCUT2D eigenvalue weighted by atomic mass is 9.74. The molecule has 2 rings (SSSR count). The van der Waals surface area contributed by atoms with Crippen LogP contribution in [-0.2, 0) is 12.8 Å². The van der Waals surface area contributed by atoms with Crippen LogP contribution in [0.25, 0.3) is 0 Å². The molecule has 0 unspecified atom stereocenters. The fourth-order valence-electron chi connectivity index (χ4n) is 2.83. The molecule has 1 aromatic heterocycles. The number of nitrogens with zero attached hydrogens (tertiary/aromatic N) is 1. The van der Waals surface area contributed by atoms with Crippen molar-refractivity contribution in [1.82, 2.24) is 4.98 Å². The lowest BCUT2D eigenvalue weighted by Crippen LogP contribution is -2.47. The normalized spacial score (nSPS) is 27.6. The number of nitrogens with two attached hydrogens (primary N) is 1. The number of rotatable bonds is 3. The van der Waals surface area contributed by atoms with E-state index in [0.717, 1.165) is 17.7 Å². The van der Waals surface area contributed by atoms with Crippen LogP contribution in [0.4, 0.5) is 13.2 Å². The zero-order valence-electron chi connectivity index (χ0n) is 11.7. The van der Waals surface area contributed by atoms with Crippen LogP contribution < -0.4 is 5.73 Å². The zero-order valence-corrected chi connectivity index (χ0v) is 11.7. The molecule has 2 nitrogen and oxygen atoms in total. The minimum atomic E-state index is -4.08. The Kier molecular flexibility index (Phi) is 4.37. The standard InChI is InChI=1S/C15H21F3N2/c1-2-11-3-4-13(20-10-11)9-14(19)7-5-12(6-8-14)15(16,17)18/h3-4,10,12H,2,5-9,19H2,1H3. The summed E-state index contributed by atoms with van der Waals surface area (Å²) in [6, 6.07) is 3.94. The SMILES string of the molecule is CCc1ccc(CC2(N)CCC(C(F)(F)F)CC2)nc1. The number of pyridine rings is 1. The van der Waals surface area contributed by atoms with Crippen molar-refractivity contribution in [2.45, 2.75) is 57.2 Å². The Bertz CT molecular complexity index is 431. The minimum Gasteiger partial charge on any atom is -0.325 e. The van der Waals surface area contributed by atoms with E-state index in [4.69, 9.17) is 5.73 Å². The van der Waals surface area contributed by atoms with E-state index >= 15 is 0 Å². The van der Waals surface area contributed by atoms with Crippen LogP contribution in [0.5, 0.6) is 0 Å². The quantitative estimate of drug-likeness (QED) is 0.921. The molecule has 1 aliphatic rings. The van der Waals surface area contributed by atoms with Gasteiger partial charge in [0.15, 0.2) is 0 Å². The average Bonchev–Trinajstić information content (AvgIpc) is 2.38. The molecule has 1 fully saturated rings. The van der Waals surface area contributed by atoms with Gasteiger partial charge in [0, 0.05) is 23.9 Å². The van der Waals surface area contributed by atoms with E-state index in [0.29, 0.717) is 19.3 Å². The maximum atomic E-state index is 12.7. The van der Waals surface area contributed by atoms with Gasteiger partial charge in [0.1, 0.15) is 0 Å². The number of alkyl halides is 3. The van der Waals surface area contributed by atoms with Crippen LogP contribution in [0, 0.1) is 5.92 Å². The molecule has 0 spiro atoms. The summed E-state index contributed by atoms with van der Waals surface area (Å²) < 4.78 is 38.0. The van der Waals surface area contributed by atoms with Gasteiger partial charge in [0.2, 0.25) is 0 Å². The molecule has 0 bridgehead atoms. The number of hydrogen-bond donors (Lipinski definition) is 1. The van der Waals surface area contributed by atoms with E-state index in [1.807, 2.05) is 18.3 Å². The van der Waals surface area contributed by atoms with Gasteiger partial charge in [-0.1, -0.05) is 13.0 Å². The minimum absolute atomic E-state index is 0.132. The summed E-state index contributed by atoms with van der Waals surface area (Å²) in [5, 5.41) is 0. The summed E-state index contributed by atoms with van der Waals surface area (Å²) in [6.07, 6.45) is 0.307. The first-order valence-electron chi connectivity index (χ1n) is 7.12. The van der Waals surface area contributed by atoms with E-state index in [1.165, 1.54) is 0 Å². The monoisotopic (exact) mass is 286 g/mol.